The van der Waals surface area contributed by atoms with Crippen LogP contribution in [0.2, 0.25) is 0 Å². The molecule has 24 heavy (non-hydrogen) atoms. The van der Waals surface area contributed by atoms with E-state index in [9.17, 15) is 4.79 Å². The fraction of sp³-hybridized carbons (Fsp3) is 0.211. The summed E-state index contributed by atoms with van der Waals surface area (Å²) in [4.78, 5) is 20.9. The number of aromatic nitrogens is 2. The van der Waals surface area contributed by atoms with Crippen molar-refractivity contribution in [2.45, 2.75) is 18.3 Å². The van der Waals surface area contributed by atoms with E-state index in [2.05, 4.69) is 27.4 Å². The number of carbonyl (C=O) groups is 1. The Morgan fingerprint density at radius 2 is 1.88 bits per heavy atom. The highest BCUT2D eigenvalue weighted by Gasteiger charge is 2.51. The first-order chi connectivity index (χ1) is 11.7. The number of anilines is 1. The van der Waals surface area contributed by atoms with Crippen LogP contribution in [-0.2, 0) is 10.2 Å². The number of nitrogens with one attached hydrogen (secondary N) is 1. The SMILES string of the molecule is CNc1ncc(-c2ccccc2)c2cc(C3(C(N)=O)CC3)ncc12. The summed E-state index contributed by atoms with van der Waals surface area (Å²) >= 11 is 0. The van der Waals surface area contributed by atoms with Gasteiger partial charge in [0.25, 0.3) is 0 Å². The van der Waals surface area contributed by atoms with Crippen molar-refractivity contribution in [3.8, 4) is 11.1 Å². The lowest BCUT2D eigenvalue weighted by Crippen LogP contribution is -2.29. The molecule has 1 aliphatic carbocycles. The number of hydrogen-bond acceptors (Lipinski definition) is 4. The Kier molecular flexibility index (Phi) is 3.23. The van der Waals surface area contributed by atoms with Gasteiger partial charge in [0.15, 0.2) is 0 Å². The van der Waals surface area contributed by atoms with Gasteiger partial charge in [-0.2, -0.15) is 0 Å². The molecule has 0 unspecified atom stereocenters. The maximum absolute atomic E-state index is 11.9. The predicted octanol–water partition coefficient (Wildman–Crippen LogP) is 2.86. The van der Waals surface area contributed by atoms with E-state index in [0.29, 0.717) is 0 Å². The monoisotopic (exact) mass is 318 g/mol. The largest absolute Gasteiger partial charge is 0.373 e. The molecule has 5 nitrogen and oxygen atoms in total. The van der Waals surface area contributed by atoms with Crippen molar-refractivity contribution < 1.29 is 4.79 Å². The quantitative estimate of drug-likeness (QED) is 0.775. The Morgan fingerprint density at radius 3 is 2.50 bits per heavy atom. The first-order valence-corrected chi connectivity index (χ1v) is 7.98. The summed E-state index contributed by atoms with van der Waals surface area (Å²) in [6, 6.07) is 12.1. The van der Waals surface area contributed by atoms with Gasteiger partial charge in [-0.05, 0) is 29.9 Å². The van der Waals surface area contributed by atoms with E-state index >= 15 is 0 Å². The molecule has 1 amide bonds. The summed E-state index contributed by atoms with van der Waals surface area (Å²) in [6.07, 6.45) is 5.19. The molecule has 1 aliphatic rings. The third kappa shape index (κ3) is 2.12. The smallest absolute Gasteiger partial charge is 0.229 e. The van der Waals surface area contributed by atoms with Gasteiger partial charge in [-0.3, -0.25) is 9.78 Å². The molecule has 1 fully saturated rings. The fourth-order valence-corrected chi connectivity index (χ4v) is 3.20. The number of nitrogens with two attached hydrogens (primary N) is 1. The number of amides is 1. The number of hydrogen-bond donors (Lipinski definition) is 2. The first-order valence-electron chi connectivity index (χ1n) is 7.98. The Hall–Kier alpha value is -2.95. The van der Waals surface area contributed by atoms with Crippen molar-refractivity contribution in [2.75, 3.05) is 12.4 Å². The predicted molar refractivity (Wildman–Crippen MR) is 94.6 cm³/mol. The lowest BCUT2D eigenvalue weighted by atomic mass is 9.96. The molecule has 3 aromatic rings. The van der Waals surface area contributed by atoms with E-state index in [4.69, 9.17) is 5.73 Å². The lowest BCUT2D eigenvalue weighted by molar-refractivity contribution is -0.120. The van der Waals surface area contributed by atoms with Crippen molar-refractivity contribution >= 4 is 22.5 Å². The Bertz CT molecular complexity index is 933. The number of nitrogens with zero attached hydrogens (tertiary/aromatic N) is 2. The third-order valence-electron chi connectivity index (χ3n) is 4.81. The maximum atomic E-state index is 11.9. The summed E-state index contributed by atoms with van der Waals surface area (Å²) in [5, 5.41) is 5.06. The maximum Gasteiger partial charge on any atom is 0.229 e. The molecule has 0 bridgehead atoms. The minimum Gasteiger partial charge on any atom is -0.373 e. The van der Waals surface area contributed by atoms with Gasteiger partial charge in [0.05, 0.1) is 11.1 Å². The molecule has 2 aromatic heterocycles. The van der Waals surface area contributed by atoms with Crippen molar-refractivity contribution in [3.63, 3.8) is 0 Å². The Morgan fingerprint density at radius 1 is 1.12 bits per heavy atom. The van der Waals surface area contributed by atoms with Crippen LogP contribution in [0.25, 0.3) is 21.9 Å². The van der Waals surface area contributed by atoms with Crippen LogP contribution in [0.15, 0.2) is 48.8 Å². The van der Waals surface area contributed by atoms with Crippen LogP contribution in [0.4, 0.5) is 5.82 Å². The second-order valence-electron chi connectivity index (χ2n) is 6.20. The van der Waals surface area contributed by atoms with Crippen LogP contribution in [0, 0.1) is 0 Å². The highest BCUT2D eigenvalue weighted by Crippen LogP contribution is 2.48. The molecule has 0 spiro atoms. The molecule has 5 heteroatoms. The molecule has 2 heterocycles. The van der Waals surface area contributed by atoms with Gasteiger partial charge in [0, 0.05) is 30.4 Å². The average Bonchev–Trinajstić information content (AvgIpc) is 3.43. The van der Waals surface area contributed by atoms with Gasteiger partial charge >= 0.3 is 0 Å². The van der Waals surface area contributed by atoms with Crippen LogP contribution in [-0.4, -0.2) is 22.9 Å². The summed E-state index contributed by atoms with van der Waals surface area (Å²) in [6.45, 7) is 0. The molecule has 0 aliphatic heterocycles. The number of pyridine rings is 2. The summed E-state index contributed by atoms with van der Waals surface area (Å²) < 4.78 is 0. The van der Waals surface area contributed by atoms with E-state index in [1.165, 1.54) is 0 Å². The number of benzene rings is 1. The van der Waals surface area contributed by atoms with Crippen molar-refractivity contribution in [1.82, 2.24) is 9.97 Å². The first kappa shape index (κ1) is 14.6. The Labute approximate surface area is 139 Å². The molecular weight excluding hydrogens is 300 g/mol. The summed E-state index contributed by atoms with van der Waals surface area (Å²) in [7, 11) is 1.84. The zero-order valence-corrected chi connectivity index (χ0v) is 13.4. The minimum atomic E-state index is -0.592. The molecule has 0 saturated heterocycles. The minimum absolute atomic E-state index is 0.293. The van der Waals surface area contributed by atoms with Gasteiger partial charge in [-0.1, -0.05) is 30.3 Å². The molecule has 1 saturated carbocycles. The highest BCUT2D eigenvalue weighted by molar-refractivity contribution is 6.02. The standard InChI is InChI=1S/C19H18N4O/c1-21-17-15-11-22-16(19(7-8-19)18(20)24)9-13(15)14(10-23-17)12-5-3-2-4-6-12/h2-6,9-11H,7-8H2,1H3,(H2,20,24)(H,21,23). The van der Waals surface area contributed by atoms with Crippen molar-refractivity contribution in [1.29, 1.82) is 0 Å². The highest BCUT2D eigenvalue weighted by atomic mass is 16.1. The number of carbonyl (C=O) groups excluding carboxylic acids is 1. The molecule has 0 atom stereocenters. The second-order valence-corrected chi connectivity index (χ2v) is 6.20. The number of fused-ring (bicyclic) bond motifs is 1. The van der Waals surface area contributed by atoms with Crippen LogP contribution < -0.4 is 11.1 Å². The van der Waals surface area contributed by atoms with E-state index < -0.39 is 5.41 Å². The number of rotatable bonds is 4. The van der Waals surface area contributed by atoms with Crippen molar-refractivity contribution in [2.24, 2.45) is 5.73 Å². The van der Waals surface area contributed by atoms with E-state index in [1.54, 1.807) is 6.20 Å². The van der Waals surface area contributed by atoms with E-state index in [1.807, 2.05) is 37.5 Å². The summed E-state index contributed by atoms with van der Waals surface area (Å²) in [5.41, 5.74) is 7.88. The normalized spacial score (nSPS) is 15.2. The lowest BCUT2D eigenvalue weighted by Gasteiger charge is -2.14. The van der Waals surface area contributed by atoms with Gasteiger partial charge in [-0.15, -0.1) is 0 Å². The molecular formula is C19H18N4O. The van der Waals surface area contributed by atoms with Gasteiger partial charge in [0.1, 0.15) is 5.82 Å². The van der Waals surface area contributed by atoms with Crippen LogP contribution >= 0.6 is 0 Å². The second kappa shape index (κ2) is 5.30. The van der Waals surface area contributed by atoms with Crippen LogP contribution in [0.3, 0.4) is 0 Å². The van der Waals surface area contributed by atoms with Crippen LogP contribution in [0.1, 0.15) is 18.5 Å². The van der Waals surface area contributed by atoms with E-state index in [0.717, 1.165) is 46.3 Å². The molecule has 120 valence electrons. The van der Waals surface area contributed by atoms with Crippen molar-refractivity contribution in [3.05, 3.63) is 54.5 Å². The molecule has 3 N–H and O–H groups in total. The zero-order valence-electron chi connectivity index (χ0n) is 13.4. The van der Waals surface area contributed by atoms with Crippen LogP contribution in [0.5, 0.6) is 0 Å². The molecule has 4 rings (SSSR count). The topological polar surface area (TPSA) is 80.9 Å². The van der Waals surface area contributed by atoms with E-state index in [-0.39, 0.29) is 5.91 Å². The molecule has 0 radical (unpaired) electrons. The van der Waals surface area contributed by atoms with Gasteiger partial charge < -0.3 is 11.1 Å². The van der Waals surface area contributed by atoms with Gasteiger partial charge in [0.2, 0.25) is 5.91 Å². The number of primary amides is 1. The fourth-order valence-electron chi connectivity index (χ4n) is 3.20. The third-order valence-corrected chi connectivity index (χ3v) is 4.81. The Balaban J connectivity index is 1.98. The molecule has 1 aromatic carbocycles. The summed E-state index contributed by atoms with van der Waals surface area (Å²) in [5.74, 6) is 0.478. The zero-order chi connectivity index (χ0) is 16.7. The average molecular weight is 318 g/mol. The van der Waals surface area contributed by atoms with Gasteiger partial charge in [-0.25, -0.2) is 4.98 Å².